The molecule has 0 amide bonds. The van der Waals surface area contributed by atoms with Gasteiger partial charge < -0.3 is 35.4 Å². The molecule has 0 aliphatic carbocycles. The molecule has 0 bridgehead atoms. The summed E-state index contributed by atoms with van der Waals surface area (Å²) in [6, 6.07) is 22.6. The molecular weight excluding hydrogens is 319 g/mol. The minimum absolute atomic E-state index is 0. The molecule has 0 spiro atoms. The summed E-state index contributed by atoms with van der Waals surface area (Å²) < 4.78 is 12.8. The zero-order valence-electron chi connectivity index (χ0n) is 11.8. The van der Waals surface area contributed by atoms with E-state index in [2.05, 4.69) is 5.92 Å². The van der Waals surface area contributed by atoms with E-state index in [0.29, 0.717) is 11.1 Å². The minimum Gasteiger partial charge on any atom is -0.748 e. The van der Waals surface area contributed by atoms with Crippen LogP contribution >= 0.6 is 0 Å². The monoisotopic (exact) mass is 334 g/mol. The number of aliphatic hydroxyl groups is 1. The molecule has 3 aromatic carbocycles. The fraction of sp³-hybridized carbons (Fsp3) is 0.0526. The van der Waals surface area contributed by atoms with E-state index in [4.69, 9.17) is 6.42 Å². The molecule has 1 nitrogen and oxygen atoms in total. The Balaban J connectivity index is 0.000000344. The molecule has 0 fully saturated rings. The van der Waals surface area contributed by atoms with Gasteiger partial charge in [0.1, 0.15) is 11.4 Å². The van der Waals surface area contributed by atoms with Gasteiger partial charge in [0, 0.05) is 17.1 Å². The molecule has 118 valence electrons. The van der Waals surface area contributed by atoms with E-state index in [1.165, 1.54) is 24.3 Å². The molecule has 3 aromatic rings. The average Bonchev–Trinajstić information content (AvgIpc) is 3.22. The van der Waals surface area contributed by atoms with Crippen molar-refractivity contribution < 1.29 is 26.6 Å². The summed E-state index contributed by atoms with van der Waals surface area (Å²) in [6.07, 6.45) is 5.37. The van der Waals surface area contributed by atoms with Crippen LogP contribution in [0.15, 0.2) is 78.9 Å². The van der Waals surface area contributed by atoms with Crippen molar-refractivity contribution in [2.45, 2.75) is 5.60 Å². The van der Waals surface area contributed by atoms with Crippen LogP contribution < -0.4 is 0 Å². The normalized spacial score (nSPS) is 12.0. The van der Waals surface area contributed by atoms with Gasteiger partial charge in [0.25, 0.3) is 0 Å². The number of rotatable bonds is 2. The molecule has 0 radical (unpaired) electrons. The molecular formula is C19H15FFeO-6. The van der Waals surface area contributed by atoms with E-state index >= 15 is 0 Å². The Bertz CT molecular complexity index is 661. The number of halogens is 1. The SMILES string of the molecule is C#CC(O)(c1ccc(F)cc1)[c-]1cccc1.[Fe].[cH-]1[cH-][cH-][cH-][cH-]1. The van der Waals surface area contributed by atoms with Gasteiger partial charge in [-0.2, -0.15) is 12.1 Å². The van der Waals surface area contributed by atoms with Gasteiger partial charge in [-0.15, -0.1) is 12.0 Å². The van der Waals surface area contributed by atoms with Crippen LogP contribution in [-0.2, 0) is 22.7 Å². The zero-order valence-corrected chi connectivity index (χ0v) is 12.9. The second-order valence-corrected chi connectivity index (χ2v) is 4.50. The first-order valence-electron chi connectivity index (χ1n) is 6.52. The van der Waals surface area contributed by atoms with Crippen LogP contribution in [0.25, 0.3) is 0 Å². The first-order valence-corrected chi connectivity index (χ1v) is 6.52. The van der Waals surface area contributed by atoms with Crippen molar-refractivity contribution in [3.05, 3.63) is 95.8 Å². The van der Waals surface area contributed by atoms with Crippen LogP contribution in [-0.4, -0.2) is 5.11 Å². The Morgan fingerprint density at radius 2 is 1.45 bits per heavy atom. The number of benzene rings is 1. The summed E-state index contributed by atoms with van der Waals surface area (Å²) in [5.74, 6) is 1.99. The van der Waals surface area contributed by atoms with Gasteiger partial charge in [-0.05, 0) is 17.7 Å². The van der Waals surface area contributed by atoms with Crippen molar-refractivity contribution in [2.24, 2.45) is 0 Å². The smallest absolute Gasteiger partial charge is 0.131 e. The van der Waals surface area contributed by atoms with E-state index in [0.717, 1.165) is 0 Å². The Hall–Kier alpha value is -2.11. The summed E-state index contributed by atoms with van der Waals surface area (Å²) in [4.78, 5) is 0. The standard InChI is InChI=1S/C14H10FO.C5H5.Fe/c1-2-14(16,11-5-3-4-6-11)12-7-9-13(15)10-8-12;1-2-4-5-3-1;/h1,3-10,16H;1-5H;/q-1;-5;. The molecule has 22 heavy (non-hydrogen) atoms. The maximum Gasteiger partial charge on any atom is 0.131 e. The Morgan fingerprint density at radius 1 is 1.00 bits per heavy atom. The third kappa shape index (κ3) is 4.19. The van der Waals surface area contributed by atoms with Gasteiger partial charge in [-0.1, -0.05) is 18.1 Å². The Morgan fingerprint density at radius 3 is 1.86 bits per heavy atom. The van der Waals surface area contributed by atoms with Gasteiger partial charge in [-0.25, -0.2) is 16.5 Å². The molecule has 0 saturated carbocycles. The average molecular weight is 334 g/mol. The first-order chi connectivity index (χ1) is 10.2. The molecule has 3 rings (SSSR count). The van der Waals surface area contributed by atoms with E-state index in [9.17, 15) is 9.50 Å². The van der Waals surface area contributed by atoms with Crippen LogP contribution in [0.2, 0.25) is 0 Å². The van der Waals surface area contributed by atoms with E-state index in [1.54, 1.807) is 24.3 Å². The van der Waals surface area contributed by atoms with Gasteiger partial charge in [0.2, 0.25) is 0 Å². The zero-order chi connectivity index (χ0) is 15.1. The fourth-order valence-corrected chi connectivity index (χ4v) is 1.96. The second kappa shape index (κ2) is 8.36. The maximum absolute atomic E-state index is 12.8. The van der Waals surface area contributed by atoms with Crippen LogP contribution in [0.5, 0.6) is 0 Å². The van der Waals surface area contributed by atoms with Gasteiger partial charge in [0.15, 0.2) is 0 Å². The Labute approximate surface area is 140 Å². The van der Waals surface area contributed by atoms with E-state index in [-0.39, 0.29) is 22.9 Å². The number of terminal acetylenes is 1. The molecule has 1 unspecified atom stereocenters. The van der Waals surface area contributed by atoms with Crippen molar-refractivity contribution in [3.63, 3.8) is 0 Å². The van der Waals surface area contributed by atoms with Crippen LogP contribution in [0.1, 0.15) is 11.1 Å². The second-order valence-electron chi connectivity index (χ2n) is 4.50. The maximum atomic E-state index is 12.8. The molecule has 0 aliphatic heterocycles. The summed E-state index contributed by atoms with van der Waals surface area (Å²) >= 11 is 0. The van der Waals surface area contributed by atoms with Gasteiger partial charge >= 0.3 is 0 Å². The van der Waals surface area contributed by atoms with Crippen LogP contribution in [0.3, 0.4) is 0 Å². The molecule has 0 aliphatic rings. The molecule has 0 aromatic heterocycles. The fourth-order valence-electron chi connectivity index (χ4n) is 1.96. The summed E-state index contributed by atoms with van der Waals surface area (Å²) in [5, 5.41) is 10.4. The van der Waals surface area contributed by atoms with Crippen LogP contribution in [0.4, 0.5) is 4.39 Å². The third-order valence-electron chi connectivity index (χ3n) is 3.11. The summed E-state index contributed by atoms with van der Waals surface area (Å²) in [5.41, 5.74) is -0.388. The van der Waals surface area contributed by atoms with Gasteiger partial charge in [0.05, 0.1) is 0 Å². The van der Waals surface area contributed by atoms with E-state index < -0.39 is 5.60 Å². The van der Waals surface area contributed by atoms with Crippen molar-refractivity contribution in [2.75, 3.05) is 0 Å². The van der Waals surface area contributed by atoms with Gasteiger partial charge in [-0.3, -0.25) is 0 Å². The van der Waals surface area contributed by atoms with E-state index in [1.807, 2.05) is 30.3 Å². The van der Waals surface area contributed by atoms with Crippen molar-refractivity contribution >= 4 is 0 Å². The number of hydrogen-bond donors (Lipinski definition) is 1. The third-order valence-corrected chi connectivity index (χ3v) is 3.11. The predicted molar refractivity (Wildman–Crippen MR) is 82.3 cm³/mol. The molecule has 0 saturated heterocycles. The molecule has 3 heteroatoms. The summed E-state index contributed by atoms with van der Waals surface area (Å²) in [6.45, 7) is 0. The molecule has 1 atom stereocenters. The van der Waals surface area contributed by atoms with Crippen LogP contribution in [0, 0.1) is 18.2 Å². The molecule has 0 heterocycles. The minimum atomic E-state index is -1.49. The quantitative estimate of drug-likeness (QED) is 0.429. The van der Waals surface area contributed by atoms with Crippen molar-refractivity contribution in [1.29, 1.82) is 0 Å². The largest absolute Gasteiger partial charge is 0.748 e. The first kappa shape index (κ1) is 17.9. The Kier molecular flexibility index (Phi) is 6.82. The van der Waals surface area contributed by atoms with Crippen molar-refractivity contribution in [1.82, 2.24) is 0 Å². The number of hydrogen-bond acceptors (Lipinski definition) is 1. The molecule has 1 N–H and O–H groups in total. The van der Waals surface area contributed by atoms with Crippen molar-refractivity contribution in [3.8, 4) is 12.3 Å². The predicted octanol–water partition coefficient (Wildman–Crippen LogP) is 3.82. The summed E-state index contributed by atoms with van der Waals surface area (Å²) in [7, 11) is 0. The topological polar surface area (TPSA) is 20.2 Å².